The van der Waals surface area contributed by atoms with E-state index in [1.807, 2.05) is 60.5 Å². The molecule has 3 amide bonds. The highest BCUT2D eigenvalue weighted by molar-refractivity contribution is 6.13. The summed E-state index contributed by atoms with van der Waals surface area (Å²) in [5, 5.41) is 2.64. The van der Waals surface area contributed by atoms with Gasteiger partial charge in [-0.15, -0.1) is 0 Å². The van der Waals surface area contributed by atoms with Crippen LogP contribution in [0.15, 0.2) is 78.6 Å². The molecular formula is C24H23N5O2. The van der Waals surface area contributed by atoms with Crippen LogP contribution in [0.1, 0.15) is 16.8 Å². The number of likely N-dealkylation sites (N-methyl/N-ethyl adjacent to an activating group) is 1. The molecule has 1 aliphatic rings. The SMILES string of the molecule is CN(CCc1ccccc1)c1nccc(/C=C2\NC(=O)N(Cc3ccccc3)C2=O)n1. The van der Waals surface area contributed by atoms with E-state index >= 15 is 0 Å². The Kier molecular flexibility index (Phi) is 6.03. The molecule has 7 nitrogen and oxygen atoms in total. The van der Waals surface area contributed by atoms with E-state index in [1.165, 1.54) is 10.5 Å². The number of aromatic nitrogens is 2. The molecule has 0 spiro atoms. The molecule has 0 aliphatic carbocycles. The molecule has 3 aromatic rings. The maximum Gasteiger partial charge on any atom is 0.329 e. The van der Waals surface area contributed by atoms with E-state index in [1.54, 1.807) is 18.3 Å². The van der Waals surface area contributed by atoms with Gasteiger partial charge in [0, 0.05) is 19.8 Å². The Morgan fingerprint density at radius 1 is 0.968 bits per heavy atom. The van der Waals surface area contributed by atoms with Crippen molar-refractivity contribution in [3.8, 4) is 0 Å². The van der Waals surface area contributed by atoms with E-state index in [4.69, 9.17) is 0 Å². The summed E-state index contributed by atoms with van der Waals surface area (Å²) in [6.07, 6.45) is 4.10. The second kappa shape index (κ2) is 9.21. The van der Waals surface area contributed by atoms with Gasteiger partial charge < -0.3 is 10.2 Å². The quantitative estimate of drug-likeness (QED) is 0.475. The van der Waals surface area contributed by atoms with Crippen molar-refractivity contribution in [2.75, 3.05) is 18.5 Å². The summed E-state index contributed by atoms with van der Waals surface area (Å²) in [6.45, 7) is 0.977. The average Bonchev–Trinajstić information content (AvgIpc) is 3.06. The van der Waals surface area contributed by atoms with E-state index in [0.717, 1.165) is 18.5 Å². The average molecular weight is 413 g/mol. The summed E-state index contributed by atoms with van der Waals surface area (Å²) in [7, 11) is 1.93. The molecule has 0 bridgehead atoms. The topological polar surface area (TPSA) is 78.4 Å². The number of carbonyl (C=O) groups excluding carboxylic acids is 2. The van der Waals surface area contributed by atoms with Crippen LogP contribution in [0.2, 0.25) is 0 Å². The van der Waals surface area contributed by atoms with Crippen molar-refractivity contribution in [1.29, 1.82) is 0 Å². The van der Waals surface area contributed by atoms with Crippen LogP contribution < -0.4 is 10.2 Å². The summed E-state index contributed by atoms with van der Waals surface area (Å²) in [5.41, 5.74) is 2.89. The van der Waals surface area contributed by atoms with Crippen LogP contribution in [-0.2, 0) is 17.8 Å². The standard InChI is InChI=1S/C24H23N5O2/c1-28(15-13-18-8-4-2-5-9-18)23-25-14-12-20(26-23)16-21-22(30)29(24(31)27-21)17-19-10-6-3-7-11-19/h2-12,14,16H,13,15,17H2,1H3,(H,27,31)/b21-16-. The highest BCUT2D eigenvalue weighted by atomic mass is 16.2. The summed E-state index contributed by atoms with van der Waals surface area (Å²) >= 11 is 0. The Balaban J connectivity index is 1.45. The molecule has 1 N–H and O–H groups in total. The number of benzene rings is 2. The number of hydrogen-bond donors (Lipinski definition) is 1. The van der Waals surface area contributed by atoms with Crippen LogP contribution in [0.5, 0.6) is 0 Å². The molecule has 4 rings (SSSR count). The largest absolute Gasteiger partial charge is 0.344 e. The zero-order valence-electron chi connectivity index (χ0n) is 17.2. The lowest BCUT2D eigenvalue weighted by molar-refractivity contribution is -0.123. The van der Waals surface area contributed by atoms with Gasteiger partial charge in [-0.3, -0.25) is 9.69 Å². The second-order valence-electron chi connectivity index (χ2n) is 7.30. The van der Waals surface area contributed by atoms with Gasteiger partial charge >= 0.3 is 6.03 Å². The molecule has 2 aromatic carbocycles. The third-order valence-corrected chi connectivity index (χ3v) is 5.02. The van der Waals surface area contributed by atoms with Crippen LogP contribution in [-0.4, -0.2) is 40.4 Å². The van der Waals surface area contributed by atoms with Crippen molar-refractivity contribution in [3.05, 3.63) is 95.4 Å². The molecule has 31 heavy (non-hydrogen) atoms. The lowest BCUT2D eigenvalue weighted by atomic mass is 10.1. The molecule has 1 saturated heterocycles. The highest BCUT2D eigenvalue weighted by Crippen LogP contribution is 2.17. The zero-order valence-corrected chi connectivity index (χ0v) is 17.2. The predicted octanol–water partition coefficient (Wildman–Crippen LogP) is 3.25. The monoisotopic (exact) mass is 413 g/mol. The number of urea groups is 1. The third-order valence-electron chi connectivity index (χ3n) is 5.02. The van der Waals surface area contributed by atoms with Crippen molar-refractivity contribution >= 4 is 24.0 Å². The van der Waals surface area contributed by atoms with Crippen molar-refractivity contribution in [1.82, 2.24) is 20.2 Å². The summed E-state index contributed by atoms with van der Waals surface area (Å²) < 4.78 is 0. The van der Waals surface area contributed by atoms with Crippen LogP contribution in [0.3, 0.4) is 0 Å². The molecule has 156 valence electrons. The number of nitrogens with one attached hydrogen (secondary N) is 1. The first-order valence-electron chi connectivity index (χ1n) is 10.1. The number of rotatable bonds is 7. The van der Waals surface area contributed by atoms with Gasteiger partial charge in [0.05, 0.1) is 12.2 Å². The van der Waals surface area contributed by atoms with Crippen LogP contribution in [0.4, 0.5) is 10.7 Å². The van der Waals surface area contributed by atoms with E-state index < -0.39 is 6.03 Å². The minimum atomic E-state index is -0.436. The fourth-order valence-electron chi connectivity index (χ4n) is 3.30. The van der Waals surface area contributed by atoms with E-state index in [2.05, 4.69) is 27.4 Å². The molecule has 1 fully saturated rings. The number of carbonyl (C=O) groups is 2. The first-order chi connectivity index (χ1) is 15.1. The van der Waals surface area contributed by atoms with Gasteiger partial charge in [0.25, 0.3) is 5.91 Å². The number of nitrogens with zero attached hydrogens (tertiary/aromatic N) is 4. The lowest BCUT2D eigenvalue weighted by Gasteiger charge is -2.17. The first kappa shape index (κ1) is 20.3. The number of imide groups is 1. The zero-order chi connectivity index (χ0) is 21.6. The third kappa shape index (κ3) is 4.95. The first-order valence-corrected chi connectivity index (χ1v) is 10.1. The van der Waals surface area contributed by atoms with Crippen molar-refractivity contribution in [2.24, 2.45) is 0 Å². The summed E-state index contributed by atoms with van der Waals surface area (Å²) in [4.78, 5) is 37.0. The minimum Gasteiger partial charge on any atom is -0.344 e. The van der Waals surface area contributed by atoms with Crippen LogP contribution in [0, 0.1) is 0 Å². The second-order valence-corrected chi connectivity index (χ2v) is 7.30. The Morgan fingerprint density at radius 3 is 2.35 bits per heavy atom. The number of amides is 3. The van der Waals surface area contributed by atoms with Gasteiger partial charge in [0.2, 0.25) is 5.95 Å². The van der Waals surface area contributed by atoms with Gasteiger partial charge in [0.1, 0.15) is 5.70 Å². The normalized spacial score (nSPS) is 14.7. The van der Waals surface area contributed by atoms with Crippen LogP contribution >= 0.6 is 0 Å². The maximum atomic E-state index is 12.7. The molecule has 0 unspecified atom stereocenters. The summed E-state index contributed by atoms with van der Waals surface area (Å²) in [5.74, 6) is 0.189. The molecule has 1 aromatic heterocycles. The Morgan fingerprint density at radius 2 is 1.65 bits per heavy atom. The molecule has 0 radical (unpaired) electrons. The van der Waals surface area contributed by atoms with Crippen LogP contribution in [0.25, 0.3) is 6.08 Å². The van der Waals surface area contributed by atoms with Gasteiger partial charge in [-0.05, 0) is 29.7 Å². The smallest absolute Gasteiger partial charge is 0.329 e. The molecule has 1 aliphatic heterocycles. The lowest BCUT2D eigenvalue weighted by Crippen LogP contribution is -2.30. The van der Waals surface area contributed by atoms with Crippen molar-refractivity contribution in [3.63, 3.8) is 0 Å². The molecule has 0 atom stereocenters. The molecule has 2 heterocycles. The summed E-state index contributed by atoms with van der Waals surface area (Å²) in [6, 6.07) is 20.9. The predicted molar refractivity (Wildman–Crippen MR) is 119 cm³/mol. The fourth-order valence-corrected chi connectivity index (χ4v) is 3.30. The highest BCUT2D eigenvalue weighted by Gasteiger charge is 2.33. The van der Waals surface area contributed by atoms with Gasteiger partial charge in [-0.1, -0.05) is 60.7 Å². The fraction of sp³-hybridized carbons (Fsp3) is 0.167. The Bertz CT molecular complexity index is 1100. The van der Waals surface area contributed by atoms with Gasteiger partial charge in [0.15, 0.2) is 0 Å². The van der Waals surface area contributed by atoms with Gasteiger partial charge in [-0.25, -0.2) is 14.8 Å². The van der Waals surface area contributed by atoms with E-state index in [9.17, 15) is 9.59 Å². The number of anilines is 1. The van der Waals surface area contributed by atoms with Crippen molar-refractivity contribution < 1.29 is 9.59 Å². The Hall–Kier alpha value is -4.00. The number of hydrogen-bond acceptors (Lipinski definition) is 5. The van der Waals surface area contributed by atoms with E-state index in [-0.39, 0.29) is 18.1 Å². The molecule has 0 saturated carbocycles. The van der Waals surface area contributed by atoms with Gasteiger partial charge in [-0.2, -0.15) is 0 Å². The Labute approximate surface area is 181 Å². The molecule has 7 heteroatoms. The van der Waals surface area contributed by atoms with E-state index in [0.29, 0.717) is 11.6 Å². The molecular weight excluding hydrogens is 390 g/mol. The van der Waals surface area contributed by atoms with Crippen molar-refractivity contribution in [2.45, 2.75) is 13.0 Å². The minimum absolute atomic E-state index is 0.206. The maximum absolute atomic E-state index is 12.7.